The van der Waals surface area contributed by atoms with Gasteiger partial charge in [-0.05, 0) is 93.3 Å². The molecule has 1 unspecified atom stereocenters. The lowest BCUT2D eigenvalue weighted by Crippen LogP contribution is -2.04. The molecule has 11 rings (SSSR count). The Morgan fingerprint density at radius 3 is 2.15 bits per heavy atom. The van der Waals surface area contributed by atoms with Crippen LogP contribution in [0.4, 0.5) is 0 Å². The van der Waals surface area contributed by atoms with Crippen LogP contribution in [0.1, 0.15) is 46.6 Å². The largest absolute Gasteiger partial charge is 0.456 e. The Morgan fingerprint density at radius 1 is 0.547 bits per heavy atom. The first-order valence-corrected chi connectivity index (χ1v) is 18.5. The molecular formula is C50H34N2O. The quantitative estimate of drug-likeness (QED) is 0.174. The van der Waals surface area contributed by atoms with Gasteiger partial charge in [-0.3, -0.25) is 4.98 Å². The fraction of sp³-hybridized carbons (Fsp3) is 0.0800. The van der Waals surface area contributed by atoms with Crippen molar-refractivity contribution in [1.82, 2.24) is 9.97 Å². The van der Waals surface area contributed by atoms with Crippen LogP contribution in [0.15, 0.2) is 162 Å². The monoisotopic (exact) mass is 678 g/mol. The minimum Gasteiger partial charge on any atom is -0.456 e. The van der Waals surface area contributed by atoms with Gasteiger partial charge in [-0.1, -0.05) is 133 Å². The van der Waals surface area contributed by atoms with Gasteiger partial charge in [0.25, 0.3) is 0 Å². The van der Waals surface area contributed by atoms with E-state index in [0.29, 0.717) is 0 Å². The number of furan rings is 1. The molecule has 7 aromatic carbocycles. The lowest BCUT2D eigenvalue weighted by atomic mass is 9.82. The van der Waals surface area contributed by atoms with Gasteiger partial charge in [-0.2, -0.15) is 0 Å². The molecule has 0 fully saturated rings. The molecule has 2 aromatic heterocycles. The first-order chi connectivity index (χ1) is 26.2. The fourth-order valence-corrected chi connectivity index (χ4v) is 8.66. The summed E-state index contributed by atoms with van der Waals surface area (Å²) < 4.78 is 6.09. The Morgan fingerprint density at radius 2 is 1.28 bits per heavy atom. The molecule has 0 amide bonds. The van der Waals surface area contributed by atoms with E-state index >= 15 is 0 Å². The van der Waals surface area contributed by atoms with E-state index in [1.807, 2.05) is 18.3 Å². The maximum atomic E-state index is 6.09. The Kier molecular flexibility index (Phi) is 6.81. The fourth-order valence-electron chi connectivity index (χ4n) is 8.66. The van der Waals surface area contributed by atoms with Crippen LogP contribution < -0.4 is 0 Å². The molecule has 0 saturated carbocycles. The molecule has 0 radical (unpaired) electrons. The van der Waals surface area contributed by atoms with Crippen molar-refractivity contribution in [3.05, 3.63) is 186 Å². The van der Waals surface area contributed by atoms with E-state index in [2.05, 4.69) is 146 Å². The van der Waals surface area contributed by atoms with Gasteiger partial charge < -0.3 is 4.42 Å². The number of aromatic nitrogens is 2. The zero-order valence-corrected chi connectivity index (χ0v) is 29.1. The number of hydrogen-bond donors (Lipinski definition) is 0. The maximum absolute atomic E-state index is 6.09. The van der Waals surface area contributed by atoms with Crippen molar-refractivity contribution < 1.29 is 4.42 Å². The molecule has 0 aliphatic heterocycles. The zero-order valence-electron chi connectivity index (χ0n) is 29.1. The second-order valence-corrected chi connectivity index (χ2v) is 14.4. The van der Waals surface area contributed by atoms with Gasteiger partial charge >= 0.3 is 0 Å². The van der Waals surface area contributed by atoms with E-state index in [-0.39, 0.29) is 5.92 Å². The number of fused-ring (bicyclic) bond motifs is 10. The number of rotatable bonds is 4. The number of allylic oxidation sites excluding steroid dienone is 5. The van der Waals surface area contributed by atoms with E-state index in [9.17, 15) is 0 Å². The maximum Gasteiger partial charge on any atom is 0.135 e. The highest BCUT2D eigenvalue weighted by molar-refractivity contribution is 6.23. The van der Waals surface area contributed by atoms with Crippen LogP contribution in [-0.4, -0.2) is 9.97 Å². The summed E-state index contributed by atoms with van der Waals surface area (Å²) in [5.41, 5.74) is 15.2. The normalized spacial score (nSPS) is 15.7. The predicted molar refractivity (Wildman–Crippen MR) is 221 cm³/mol. The van der Waals surface area contributed by atoms with E-state index in [0.717, 1.165) is 63.5 Å². The third kappa shape index (κ3) is 5.03. The molecule has 0 N–H and O–H groups in total. The molecule has 0 saturated heterocycles. The highest BCUT2D eigenvalue weighted by Crippen LogP contribution is 2.40. The Hall–Kier alpha value is -6.58. The van der Waals surface area contributed by atoms with Crippen LogP contribution in [0.3, 0.4) is 0 Å². The van der Waals surface area contributed by atoms with Gasteiger partial charge in [0.15, 0.2) is 0 Å². The van der Waals surface area contributed by atoms with Gasteiger partial charge in [-0.25, -0.2) is 4.98 Å². The average molecular weight is 679 g/mol. The number of hydrogen-bond acceptors (Lipinski definition) is 3. The third-order valence-electron chi connectivity index (χ3n) is 11.4. The van der Waals surface area contributed by atoms with Crippen molar-refractivity contribution in [2.75, 3.05) is 0 Å². The number of nitrogens with zero attached hydrogens (tertiary/aromatic N) is 2. The third-order valence-corrected chi connectivity index (χ3v) is 11.4. The second kappa shape index (κ2) is 12.0. The standard InChI is InChI=1S/C50H34N2O/c1-3-16-43-40(13-1)41-14-2-4-17-44(41)50-49(43)51-30-46(52-50)39-12-8-11-33(28-39)31-9-7-10-32(25-31)34-19-20-36-27-37(22-21-35(36)26-34)38-23-24-48-45(29-38)42-15-5-6-18-47(42)53-48/h1-20,23-24,26-31H,21-22,25H2. The summed E-state index contributed by atoms with van der Waals surface area (Å²) in [6.07, 6.45) is 14.2. The van der Waals surface area contributed by atoms with E-state index in [1.165, 1.54) is 60.5 Å². The molecule has 2 aliphatic carbocycles. The summed E-state index contributed by atoms with van der Waals surface area (Å²) in [5.74, 6) is 0.282. The molecule has 3 nitrogen and oxygen atoms in total. The Balaban J connectivity index is 0.873. The van der Waals surface area contributed by atoms with Crippen molar-refractivity contribution >= 4 is 71.7 Å². The zero-order chi connectivity index (χ0) is 34.9. The van der Waals surface area contributed by atoms with Crippen molar-refractivity contribution in [2.45, 2.75) is 25.2 Å². The van der Waals surface area contributed by atoms with Gasteiger partial charge in [0.1, 0.15) is 11.2 Å². The van der Waals surface area contributed by atoms with Crippen molar-refractivity contribution in [3.8, 4) is 11.3 Å². The first-order valence-electron chi connectivity index (χ1n) is 18.5. The minimum absolute atomic E-state index is 0.282. The van der Waals surface area contributed by atoms with E-state index < -0.39 is 0 Å². The molecule has 1 atom stereocenters. The van der Waals surface area contributed by atoms with Crippen LogP contribution in [0.2, 0.25) is 0 Å². The number of benzene rings is 7. The minimum atomic E-state index is 0.282. The van der Waals surface area contributed by atoms with Crippen LogP contribution in [0.5, 0.6) is 0 Å². The summed E-state index contributed by atoms with van der Waals surface area (Å²) in [7, 11) is 0. The van der Waals surface area contributed by atoms with Crippen LogP contribution in [0.25, 0.3) is 83.0 Å². The van der Waals surface area contributed by atoms with Crippen LogP contribution in [0, 0.1) is 0 Å². The van der Waals surface area contributed by atoms with Crippen LogP contribution in [-0.2, 0) is 6.42 Å². The molecule has 9 aromatic rings. The lowest BCUT2D eigenvalue weighted by molar-refractivity contribution is 0.669. The van der Waals surface area contributed by atoms with Gasteiger partial charge in [0.2, 0.25) is 0 Å². The van der Waals surface area contributed by atoms with E-state index in [1.54, 1.807) is 0 Å². The number of para-hydroxylation sites is 1. The Bertz CT molecular complexity index is 3010. The molecule has 0 bridgehead atoms. The topological polar surface area (TPSA) is 38.9 Å². The number of aryl methyl sites for hydroxylation is 1. The average Bonchev–Trinajstić information content (AvgIpc) is 3.61. The molecule has 2 aliphatic rings. The molecule has 3 heteroatoms. The molecular weight excluding hydrogens is 645 g/mol. The first kappa shape index (κ1) is 30.1. The second-order valence-electron chi connectivity index (χ2n) is 14.4. The predicted octanol–water partition coefficient (Wildman–Crippen LogP) is 13.1. The summed E-state index contributed by atoms with van der Waals surface area (Å²) in [5, 5.41) is 7.06. The lowest BCUT2D eigenvalue weighted by Gasteiger charge is -2.22. The molecule has 0 spiro atoms. The van der Waals surface area contributed by atoms with Crippen molar-refractivity contribution in [2.24, 2.45) is 0 Å². The van der Waals surface area contributed by atoms with Crippen LogP contribution >= 0.6 is 0 Å². The van der Waals surface area contributed by atoms with Crippen molar-refractivity contribution in [1.29, 1.82) is 0 Å². The highest BCUT2D eigenvalue weighted by Gasteiger charge is 2.20. The summed E-state index contributed by atoms with van der Waals surface area (Å²) >= 11 is 0. The summed E-state index contributed by atoms with van der Waals surface area (Å²) in [6, 6.07) is 47.9. The SMILES string of the molecule is C1=CC(c2cccc(-c3cnc4c5ccccc5c5ccccc5c4n3)c2)CC(c2ccc3c(c2)CCC(c2ccc4oc5ccccc5c4c2)=C3)=C1. The van der Waals surface area contributed by atoms with Crippen molar-refractivity contribution in [3.63, 3.8) is 0 Å². The highest BCUT2D eigenvalue weighted by atomic mass is 16.3. The van der Waals surface area contributed by atoms with E-state index in [4.69, 9.17) is 14.4 Å². The molecule has 250 valence electrons. The van der Waals surface area contributed by atoms with Gasteiger partial charge in [-0.15, -0.1) is 0 Å². The smallest absolute Gasteiger partial charge is 0.135 e. The summed E-state index contributed by atoms with van der Waals surface area (Å²) in [6.45, 7) is 0. The van der Waals surface area contributed by atoms with Gasteiger partial charge in [0, 0.05) is 33.0 Å². The van der Waals surface area contributed by atoms with Gasteiger partial charge in [0.05, 0.1) is 22.9 Å². The summed E-state index contributed by atoms with van der Waals surface area (Å²) in [4.78, 5) is 10.3. The molecule has 2 heterocycles. The Labute approximate surface area is 307 Å². The molecule has 53 heavy (non-hydrogen) atoms.